The first-order chi connectivity index (χ1) is 6.86. The number of aromatic nitrogens is 3. The molecule has 70 valence electrons. The standard InChI is InChI=1S/C10H8BrN3/c11-10-9(6-13-7-14-10)4-8-2-1-3-12-5-8/h1-3,5-7H,4H2. The van der Waals surface area contributed by atoms with Gasteiger partial charge in [-0.25, -0.2) is 9.97 Å². The van der Waals surface area contributed by atoms with Crippen molar-refractivity contribution in [1.29, 1.82) is 0 Å². The topological polar surface area (TPSA) is 38.7 Å². The minimum Gasteiger partial charge on any atom is -0.264 e. The SMILES string of the molecule is Brc1ncncc1Cc1cccnc1. The average Bonchev–Trinajstić information content (AvgIpc) is 2.23. The molecule has 0 unspecified atom stereocenters. The third-order valence-corrected chi connectivity index (χ3v) is 2.56. The lowest BCUT2D eigenvalue weighted by molar-refractivity contribution is 1.03. The molecule has 0 spiro atoms. The summed E-state index contributed by atoms with van der Waals surface area (Å²) in [6.07, 6.45) is 7.75. The van der Waals surface area contributed by atoms with Crippen LogP contribution in [0.3, 0.4) is 0 Å². The molecule has 0 aliphatic rings. The summed E-state index contributed by atoms with van der Waals surface area (Å²) in [4.78, 5) is 12.1. The highest BCUT2D eigenvalue weighted by Crippen LogP contribution is 2.15. The zero-order valence-electron chi connectivity index (χ0n) is 7.39. The van der Waals surface area contributed by atoms with Crippen LogP contribution in [-0.4, -0.2) is 15.0 Å². The maximum absolute atomic E-state index is 4.06. The van der Waals surface area contributed by atoms with Crippen LogP contribution in [0.1, 0.15) is 11.1 Å². The van der Waals surface area contributed by atoms with Gasteiger partial charge in [0.05, 0.1) is 0 Å². The molecule has 0 amide bonds. The molecule has 0 fully saturated rings. The van der Waals surface area contributed by atoms with E-state index in [1.54, 1.807) is 6.20 Å². The van der Waals surface area contributed by atoms with E-state index in [4.69, 9.17) is 0 Å². The van der Waals surface area contributed by atoms with Crippen molar-refractivity contribution < 1.29 is 0 Å². The Morgan fingerprint density at radius 2 is 2.14 bits per heavy atom. The van der Waals surface area contributed by atoms with Crippen LogP contribution in [0.4, 0.5) is 0 Å². The minimum absolute atomic E-state index is 0.801. The van der Waals surface area contributed by atoms with Crippen molar-refractivity contribution in [1.82, 2.24) is 15.0 Å². The van der Waals surface area contributed by atoms with Gasteiger partial charge in [0.1, 0.15) is 10.9 Å². The zero-order chi connectivity index (χ0) is 9.80. The molecule has 2 aromatic rings. The molecule has 0 aromatic carbocycles. The molecule has 0 radical (unpaired) electrons. The Balaban J connectivity index is 2.24. The van der Waals surface area contributed by atoms with Crippen LogP contribution in [0.2, 0.25) is 0 Å². The quantitative estimate of drug-likeness (QED) is 0.767. The molecular formula is C10H8BrN3. The second-order valence-electron chi connectivity index (χ2n) is 2.88. The Morgan fingerprint density at radius 1 is 1.21 bits per heavy atom. The summed E-state index contributed by atoms with van der Waals surface area (Å²) in [6.45, 7) is 0. The van der Waals surface area contributed by atoms with E-state index in [0.29, 0.717) is 0 Å². The van der Waals surface area contributed by atoms with Gasteiger partial charge in [-0.05, 0) is 27.6 Å². The van der Waals surface area contributed by atoms with Crippen molar-refractivity contribution in [3.05, 3.63) is 52.8 Å². The van der Waals surface area contributed by atoms with Gasteiger partial charge in [0.15, 0.2) is 0 Å². The summed E-state index contributed by atoms with van der Waals surface area (Å²) >= 11 is 3.38. The van der Waals surface area contributed by atoms with Gasteiger partial charge in [-0.1, -0.05) is 6.07 Å². The first kappa shape index (κ1) is 9.27. The monoisotopic (exact) mass is 249 g/mol. The summed E-state index contributed by atoms with van der Waals surface area (Å²) in [7, 11) is 0. The van der Waals surface area contributed by atoms with Gasteiger partial charge in [0, 0.05) is 30.6 Å². The van der Waals surface area contributed by atoms with E-state index in [1.165, 1.54) is 6.33 Å². The van der Waals surface area contributed by atoms with Crippen molar-refractivity contribution in [2.24, 2.45) is 0 Å². The Bertz CT molecular complexity index is 417. The van der Waals surface area contributed by atoms with Gasteiger partial charge in [-0.15, -0.1) is 0 Å². The molecule has 0 saturated carbocycles. The van der Waals surface area contributed by atoms with Crippen LogP contribution < -0.4 is 0 Å². The van der Waals surface area contributed by atoms with Crippen molar-refractivity contribution in [3.63, 3.8) is 0 Å². The number of hydrogen-bond donors (Lipinski definition) is 0. The molecule has 0 N–H and O–H groups in total. The molecule has 2 heterocycles. The molecule has 3 nitrogen and oxygen atoms in total. The van der Waals surface area contributed by atoms with Gasteiger partial charge in [0.2, 0.25) is 0 Å². The zero-order valence-corrected chi connectivity index (χ0v) is 8.98. The van der Waals surface area contributed by atoms with E-state index in [-0.39, 0.29) is 0 Å². The molecule has 0 aliphatic carbocycles. The highest BCUT2D eigenvalue weighted by molar-refractivity contribution is 9.10. The number of rotatable bonds is 2. The number of halogens is 1. The van der Waals surface area contributed by atoms with Crippen molar-refractivity contribution in [3.8, 4) is 0 Å². The normalized spacial score (nSPS) is 10.1. The molecule has 0 saturated heterocycles. The number of hydrogen-bond acceptors (Lipinski definition) is 3. The lowest BCUT2D eigenvalue weighted by atomic mass is 10.1. The molecule has 4 heteroatoms. The van der Waals surface area contributed by atoms with Crippen LogP contribution in [-0.2, 0) is 6.42 Å². The highest BCUT2D eigenvalue weighted by Gasteiger charge is 2.01. The maximum atomic E-state index is 4.06. The smallest absolute Gasteiger partial charge is 0.116 e. The Kier molecular flexibility index (Phi) is 2.84. The predicted octanol–water partition coefficient (Wildman–Crippen LogP) is 2.22. The summed E-state index contributed by atoms with van der Waals surface area (Å²) < 4.78 is 0.844. The first-order valence-corrected chi connectivity index (χ1v) is 4.99. The van der Waals surface area contributed by atoms with Crippen LogP contribution in [0.5, 0.6) is 0 Å². The Morgan fingerprint density at radius 3 is 2.86 bits per heavy atom. The first-order valence-electron chi connectivity index (χ1n) is 4.19. The molecule has 0 aliphatic heterocycles. The predicted molar refractivity (Wildman–Crippen MR) is 56.8 cm³/mol. The number of nitrogens with zero attached hydrogens (tertiary/aromatic N) is 3. The summed E-state index contributed by atoms with van der Waals surface area (Å²) in [6, 6.07) is 3.96. The van der Waals surface area contributed by atoms with E-state index < -0.39 is 0 Å². The number of pyridine rings is 1. The van der Waals surface area contributed by atoms with Crippen LogP contribution >= 0.6 is 15.9 Å². The fourth-order valence-electron chi connectivity index (χ4n) is 1.18. The minimum atomic E-state index is 0.801. The molecular weight excluding hydrogens is 242 g/mol. The second-order valence-corrected chi connectivity index (χ2v) is 3.63. The van der Waals surface area contributed by atoms with Crippen LogP contribution in [0.15, 0.2) is 41.7 Å². The summed E-state index contributed by atoms with van der Waals surface area (Å²) in [5.74, 6) is 0. The molecule has 0 bridgehead atoms. The van der Waals surface area contributed by atoms with Gasteiger partial charge < -0.3 is 0 Å². The van der Waals surface area contributed by atoms with E-state index in [9.17, 15) is 0 Å². The van der Waals surface area contributed by atoms with E-state index in [2.05, 4.69) is 30.9 Å². The van der Waals surface area contributed by atoms with Crippen LogP contribution in [0.25, 0.3) is 0 Å². The van der Waals surface area contributed by atoms with Gasteiger partial charge in [-0.2, -0.15) is 0 Å². The lowest BCUT2D eigenvalue weighted by Gasteiger charge is -2.01. The lowest BCUT2D eigenvalue weighted by Crippen LogP contribution is -1.93. The van der Waals surface area contributed by atoms with Crippen molar-refractivity contribution in [2.45, 2.75) is 6.42 Å². The average molecular weight is 250 g/mol. The largest absolute Gasteiger partial charge is 0.264 e. The van der Waals surface area contributed by atoms with Gasteiger partial charge in [-0.3, -0.25) is 4.98 Å². The van der Waals surface area contributed by atoms with E-state index in [0.717, 1.165) is 22.2 Å². The fourth-order valence-corrected chi connectivity index (χ4v) is 1.52. The van der Waals surface area contributed by atoms with Crippen molar-refractivity contribution >= 4 is 15.9 Å². The fraction of sp³-hybridized carbons (Fsp3) is 0.100. The molecule has 0 atom stereocenters. The van der Waals surface area contributed by atoms with Gasteiger partial charge >= 0.3 is 0 Å². The Labute approximate surface area is 90.4 Å². The second kappa shape index (κ2) is 4.28. The van der Waals surface area contributed by atoms with E-state index >= 15 is 0 Å². The highest BCUT2D eigenvalue weighted by atomic mass is 79.9. The molecule has 2 aromatic heterocycles. The van der Waals surface area contributed by atoms with Crippen molar-refractivity contribution in [2.75, 3.05) is 0 Å². The third kappa shape index (κ3) is 2.14. The van der Waals surface area contributed by atoms with E-state index in [1.807, 2.05) is 24.5 Å². The third-order valence-electron chi connectivity index (χ3n) is 1.85. The molecule has 14 heavy (non-hydrogen) atoms. The Hall–Kier alpha value is -1.29. The maximum Gasteiger partial charge on any atom is 0.116 e. The van der Waals surface area contributed by atoms with Gasteiger partial charge in [0.25, 0.3) is 0 Å². The molecule has 2 rings (SSSR count). The summed E-state index contributed by atoms with van der Waals surface area (Å²) in [5.41, 5.74) is 2.23. The summed E-state index contributed by atoms with van der Waals surface area (Å²) in [5, 5.41) is 0. The van der Waals surface area contributed by atoms with Crippen LogP contribution in [0, 0.1) is 0 Å².